The Morgan fingerprint density at radius 3 is 2.12 bits per heavy atom. The van der Waals surface area contributed by atoms with E-state index in [2.05, 4.69) is 10.1 Å². The maximum Gasteiger partial charge on any atom is 0.416 e. The molecule has 0 atom stereocenters. The molecule has 0 amide bonds. The van der Waals surface area contributed by atoms with Crippen LogP contribution in [-0.4, -0.2) is 30.3 Å². The van der Waals surface area contributed by atoms with Crippen LogP contribution in [0.3, 0.4) is 0 Å². The third-order valence-electron chi connectivity index (χ3n) is 4.27. The van der Waals surface area contributed by atoms with Crippen LogP contribution in [0.15, 0.2) is 40.9 Å². The first-order valence-electron chi connectivity index (χ1n) is 8.94. The van der Waals surface area contributed by atoms with Gasteiger partial charge in [-0.15, -0.1) is 0 Å². The fraction of sp³-hybridized carbons (Fsp3) is 0.250. The molecular formula is C20H14F6N2O5. The first kappa shape index (κ1) is 23.9. The van der Waals surface area contributed by atoms with Gasteiger partial charge < -0.3 is 18.7 Å². The molecule has 176 valence electrons. The second kappa shape index (κ2) is 9.00. The lowest BCUT2D eigenvalue weighted by Gasteiger charge is -2.13. The molecule has 3 rings (SSSR count). The molecule has 0 aliphatic heterocycles. The first-order chi connectivity index (χ1) is 15.4. The van der Waals surface area contributed by atoms with Crippen molar-refractivity contribution in [3.05, 3.63) is 59.0 Å². The number of esters is 1. The van der Waals surface area contributed by atoms with E-state index in [-0.39, 0.29) is 29.9 Å². The van der Waals surface area contributed by atoms with Crippen LogP contribution in [0.1, 0.15) is 27.4 Å². The molecule has 0 saturated heterocycles. The minimum absolute atomic E-state index is 0.0407. The first-order valence-corrected chi connectivity index (χ1v) is 8.94. The van der Waals surface area contributed by atoms with E-state index in [0.29, 0.717) is 17.1 Å². The van der Waals surface area contributed by atoms with E-state index < -0.39 is 41.6 Å². The van der Waals surface area contributed by atoms with Crippen molar-refractivity contribution in [1.82, 2.24) is 10.1 Å². The summed E-state index contributed by atoms with van der Waals surface area (Å²) in [5.41, 5.74) is -3.83. The van der Waals surface area contributed by atoms with Gasteiger partial charge in [0.2, 0.25) is 5.82 Å². The number of aromatic nitrogens is 2. The largest absolute Gasteiger partial charge is 0.497 e. The molecule has 33 heavy (non-hydrogen) atoms. The molecule has 0 fully saturated rings. The summed E-state index contributed by atoms with van der Waals surface area (Å²) in [4.78, 5) is 16.1. The summed E-state index contributed by atoms with van der Waals surface area (Å²) >= 11 is 0. The molecule has 1 aromatic heterocycles. The Bertz CT molecular complexity index is 1120. The van der Waals surface area contributed by atoms with Crippen molar-refractivity contribution < 1.29 is 49.9 Å². The molecule has 3 aromatic rings. The molecule has 0 saturated carbocycles. The minimum atomic E-state index is -5.10. The number of carbonyl (C=O) groups excluding carboxylic acids is 1. The van der Waals surface area contributed by atoms with Gasteiger partial charge in [0.25, 0.3) is 5.89 Å². The van der Waals surface area contributed by atoms with Crippen molar-refractivity contribution >= 4 is 5.97 Å². The number of ether oxygens (including phenoxy) is 3. The van der Waals surface area contributed by atoms with Crippen LogP contribution >= 0.6 is 0 Å². The summed E-state index contributed by atoms with van der Waals surface area (Å²) in [5, 5.41) is 3.70. The number of benzene rings is 2. The van der Waals surface area contributed by atoms with Gasteiger partial charge in [-0.05, 0) is 30.3 Å². The summed E-state index contributed by atoms with van der Waals surface area (Å²) in [6, 6.07) is 5.15. The predicted octanol–water partition coefficient (Wildman–Crippen LogP) is 5.15. The molecular weight excluding hydrogens is 462 g/mol. The quantitative estimate of drug-likeness (QED) is 0.360. The highest BCUT2D eigenvalue weighted by molar-refractivity contribution is 5.90. The monoisotopic (exact) mass is 476 g/mol. The Hall–Kier alpha value is -3.77. The number of hydrogen-bond acceptors (Lipinski definition) is 7. The van der Waals surface area contributed by atoms with Crippen molar-refractivity contribution in [2.24, 2.45) is 0 Å². The summed E-state index contributed by atoms with van der Waals surface area (Å²) < 4.78 is 97.7. The van der Waals surface area contributed by atoms with Gasteiger partial charge in [0.05, 0.1) is 36.5 Å². The summed E-state index contributed by atoms with van der Waals surface area (Å²) in [6.45, 7) is -0.693. The van der Waals surface area contributed by atoms with Crippen molar-refractivity contribution in [2.45, 2.75) is 19.0 Å². The van der Waals surface area contributed by atoms with Gasteiger partial charge in [-0.25, -0.2) is 4.79 Å². The number of nitrogens with zero attached hydrogens (tertiary/aromatic N) is 2. The number of hydrogen-bond donors (Lipinski definition) is 0. The Labute approximate surface area is 181 Å². The highest BCUT2D eigenvalue weighted by atomic mass is 19.4. The molecule has 0 spiro atoms. The number of carbonyl (C=O) groups is 1. The molecule has 0 aliphatic carbocycles. The van der Waals surface area contributed by atoms with Crippen LogP contribution in [-0.2, 0) is 23.7 Å². The summed E-state index contributed by atoms with van der Waals surface area (Å²) in [7, 11) is 2.85. The third kappa shape index (κ3) is 5.54. The van der Waals surface area contributed by atoms with Gasteiger partial charge in [0, 0.05) is 6.07 Å². The molecule has 0 bridgehead atoms. The smallest absolute Gasteiger partial charge is 0.416 e. The van der Waals surface area contributed by atoms with Crippen molar-refractivity contribution in [2.75, 3.05) is 14.2 Å². The third-order valence-corrected chi connectivity index (χ3v) is 4.27. The van der Waals surface area contributed by atoms with Crippen LogP contribution in [0.5, 0.6) is 11.5 Å². The Morgan fingerprint density at radius 1 is 0.939 bits per heavy atom. The second-order valence-electron chi connectivity index (χ2n) is 6.45. The lowest BCUT2D eigenvalue weighted by Crippen LogP contribution is -2.14. The SMILES string of the molecule is COc1ccc(-c2noc(COC(=O)c3cc(C(F)(F)F)cc(C(F)(F)F)c3)n2)c(OC)c1. The van der Waals surface area contributed by atoms with Gasteiger partial charge in [0.15, 0.2) is 6.61 Å². The van der Waals surface area contributed by atoms with Gasteiger partial charge in [-0.1, -0.05) is 5.16 Å². The molecule has 0 radical (unpaired) electrons. The van der Waals surface area contributed by atoms with Crippen LogP contribution in [0, 0.1) is 0 Å². The van der Waals surface area contributed by atoms with E-state index in [1.54, 1.807) is 18.2 Å². The molecule has 13 heteroatoms. The lowest BCUT2D eigenvalue weighted by atomic mass is 10.0. The van der Waals surface area contributed by atoms with Crippen molar-refractivity contribution in [3.63, 3.8) is 0 Å². The van der Waals surface area contributed by atoms with Gasteiger partial charge in [-0.2, -0.15) is 31.3 Å². The van der Waals surface area contributed by atoms with Crippen molar-refractivity contribution in [3.8, 4) is 22.9 Å². The van der Waals surface area contributed by atoms with E-state index >= 15 is 0 Å². The molecule has 0 unspecified atom stereocenters. The Balaban J connectivity index is 1.79. The van der Waals surface area contributed by atoms with E-state index in [4.69, 9.17) is 18.7 Å². The van der Waals surface area contributed by atoms with E-state index in [1.165, 1.54) is 14.2 Å². The Morgan fingerprint density at radius 2 is 1.58 bits per heavy atom. The number of rotatable bonds is 6. The molecule has 0 N–H and O–H groups in total. The van der Waals surface area contributed by atoms with Crippen LogP contribution in [0.25, 0.3) is 11.4 Å². The number of methoxy groups -OCH3 is 2. The molecule has 1 heterocycles. The fourth-order valence-corrected chi connectivity index (χ4v) is 2.69. The molecule has 0 aliphatic rings. The number of alkyl halides is 6. The predicted molar refractivity (Wildman–Crippen MR) is 98.4 cm³/mol. The summed E-state index contributed by atoms with van der Waals surface area (Å²) in [6.07, 6.45) is -10.2. The summed E-state index contributed by atoms with van der Waals surface area (Å²) in [5.74, 6) is -0.818. The van der Waals surface area contributed by atoms with E-state index in [0.717, 1.165) is 0 Å². The van der Waals surface area contributed by atoms with Crippen LogP contribution in [0.2, 0.25) is 0 Å². The standard InChI is InChI=1S/C20H14F6N2O5/c1-30-13-3-4-14(15(8-13)31-2)17-27-16(33-28-17)9-32-18(29)10-5-11(19(21,22)23)7-12(6-10)20(24,25)26/h3-8H,9H2,1-2H3. The van der Waals surface area contributed by atoms with Gasteiger partial charge >= 0.3 is 18.3 Å². The average molecular weight is 476 g/mol. The zero-order valence-electron chi connectivity index (χ0n) is 16.9. The van der Waals surface area contributed by atoms with Gasteiger partial charge in [0.1, 0.15) is 11.5 Å². The van der Waals surface area contributed by atoms with E-state index in [9.17, 15) is 31.1 Å². The van der Waals surface area contributed by atoms with Crippen LogP contribution in [0.4, 0.5) is 26.3 Å². The van der Waals surface area contributed by atoms with Crippen LogP contribution < -0.4 is 9.47 Å². The zero-order chi connectivity index (χ0) is 24.4. The highest BCUT2D eigenvalue weighted by Crippen LogP contribution is 2.36. The normalized spacial score (nSPS) is 11.9. The topological polar surface area (TPSA) is 83.7 Å². The van der Waals surface area contributed by atoms with Crippen molar-refractivity contribution in [1.29, 1.82) is 0 Å². The minimum Gasteiger partial charge on any atom is -0.497 e. The number of halogens is 6. The average Bonchev–Trinajstić information content (AvgIpc) is 3.24. The second-order valence-corrected chi connectivity index (χ2v) is 6.45. The highest BCUT2D eigenvalue weighted by Gasteiger charge is 2.37. The molecule has 7 nitrogen and oxygen atoms in total. The fourth-order valence-electron chi connectivity index (χ4n) is 2.69. The lowest BCUT2D eigenvalue weighted by molar-refractivity contribution is -0.143. The van der Waals surface area contributed by atoms with Gasteiger partial charge in [-0.3, -0.25) is 0 Å². The maximum absolute atomic E-state index is 13.0. The van der Waals surface area contributed by atoms with E-state index in [1.807, 2.05) is 0 Å². The Kier molecular flexibility index (Phi) is 6.51. The molecule has 2 aromatic carbocycles. The maximum atomic E-state index is 13.0. The zero-order valence-corrected chi connectivity index (χ0v) is 16.9.